The van der Waals surface area contributed by atoms with Crippen molar-refractivity contribution in [2.24, 2.45) is 0 Å². The van der Waals surface area contributed by atoms with Crippen LogP contribution >= 0.6 is 11.6 Å². The van der Waals surface area contributed by atoms with Crippen LogP contribution in [0, 0.1) is 0 Å². The molecule has 0 aromatic heterocycles. The number of esters is 1. The number of rotatable bonds is 5. The van der Waals surface area contributed by atoms with Crippen molar-refractivity contribution in [3.05, 3.63) is 70.2 Å². The smallest absolute Gasteiger partial charge is 0.326 e. The Morgan fingerprint density at radius 1 is 0.897 bits per heavy atom. The Kier molecular flexibility index (Phi) is 5.89. The third kappa shape index (κ3) is 4.58. The number of halogens is 1. The number of hydrazine groups is 1. The monoisotopic (exact) mass is 415 g/mol. The molecule has 10 heteroatoms. The number of fused-ring (bicyclic) bond motifs is 1. The van der Waals surface area contributed by atoms with E-state index < -0.39 is 42.7 Å². The van der Waals surface area contributed by atoms with Crippen LogP contribution < -0.4 is 10.9 Å². The molecule has 0 fully saturated rings. The highest BCUT2D eigenvalue weighted by Crippen LogP contribution is 2.22. The van der Waals surface area contributed by atoms with Crippen LogP contribution in [0.5, 0.6) is 0 Å². The van der Waals surface area contributed by atoms with E-state index in [-0.39, 0.29) is 16.7 Å². The van der Waals surface area contributed by atoms with Gasteiger partial charge in [-0.05, 0) is 36.4 Å². The van der Waals surface area contributed by atoms with Gasteiger partial charge in [-0.15, -0.1) is 0 Å². The second-order valence-electron chi connectivity index (χ2n) is 5.91. The molecule has 0 aliphatic carbocycles. The van der Waals surface area contributed by atoms with Crippen LogP contribution in [0.4, 0.5) is 0 Å². The number of carbonyl (C=O) groups excluding carboxylic acids is 5. The second-order valence-corrected chi connectivity index (χ2v) is 6.35. The summed E-state index contributed by atoms with van der Waals surface area (Å²) >= 11 is 5.72. The molecule has 0 saturated heterocycles. The molecule has 0 bridgehead atoms. The molecule has 29 heavy (non-hydrogen) atoms. The van der Waals surface area contributed by atoms with Gasteiger partial charge in [0.05, 0.1) is 11.1 Å². The summed E-state index contributed by atoms with van der Waals surface area (Å²) in [5, 5.41) is 0.454. The van der Waals surface area contributed by atoms with E-state index in [1.165, 1.54) is 36.4 Å². The number of hydrogen-bond donors (Lipinski definition) is 2. The Bertz CT molecular complexity index is 970. The molecule has 1 aliphatic rings. The van der Waals surface area contributed by atoms with Gasteiger partial charge in [0.25, 0.3) is 23.6 Å². The lowest BCUT2D eigenvalue weighted by atomic mass is 10.1. The summed E-state index contributed by atoms with van der Waals surface area (Å²) in [6.07, 6.45) is 0. The Morgan fingerprint density at radius 3 is 2.07 bits per heavy atom. The molecule has 0 radical (unpaired) electrons. The first-order valence-corrected chi connectivity index (χ1v) is 8.70. The molecule has 2 N–H and O–H groups in total. The summed E-state index contributed by atoms with van der Waals surface area (Å²) in [6.45, 7) is -1.33. The van der Waals surface area contributed by atoms with Gasteiger partial charge in [0, 0.05) is 10.6 Å². The lowest BCUT2D eigenvalue weighted by molar-refractivity contribution is -0.148. The van der Waals surface area contributed by atoms with Crippen molar-refractivity contribution < 1.29 is 28.7 Å². The van der Waals surface area contributed by atoms with E-state index in [1.54, 1.807) is 12.1 Å². The highest BCUT2D eigenvalue weighted by molar-refractivity contribution is 6.30. The first kappa shape index (κ1) is 20.0. The topological polar surface area (TPSA) is 122 Å². The van der Waals surface area contributed by atoms with E-state index >= 15 is 0 Å². The SMILES string of the molecule is O=C(COC(=O)CN1C(=O)c2ccccc2C1=O)NNC(=O)c1ccc(Cl)cc1. The van der Waals surface area contributed by atoms with Crippen LogP contribution in [0.3, 0.4) is 0 Å². The minimum atomic E-state index is -0.946. The van der Waals surface area contributed by atoms with Crippen LogP contribution in [0.1, 0.15) is 31.1 Å². The van der Waals surface area contributed by atoms with Gasteiger partial charge in [-0.3, -0.25) is 39.7 Å². The van der Waals surface area contributed by atoms with Crippen molar-refractivity contribution in [2.75, 3.05) is 13.2 Å². The van der Waals surface area contributed by atoms with Crippen LogP contribution in [0.2, 0.25) is 5.02 Å². The van der Waals surface area contributed by atoms with Gasteiger partial charge < -0.3 is 4.74 Å². The zero-order valence-electron chi connectivity index (χ0n) is 14.8. The number of nitrogens with one attached hydrogen (secondary N) is 2. The average Bonchev–Trinajstić information content (AvgIpc) is 2.96. The molecule has 2 aromatic rings. The quantitative estimate of drug-likeness (QED) is 0.426. The van der Waals surface area contributed by atoms with Gasteiger partial charge in [0.1, 0.15) is 6.54 Å². The lowest BCUT2D eigenvalue weighted by Crippen LogP contribution is -2.44. The number of carbonyl (C=O) groups is 5. The molecule has 9 nitrogen and oxygen atoms in total. The number of imide groups is 1. The first-order chi connectivity index (χ1) is 13.9. The Hall–Kier alpha value is -3.72. The predicted octanol–water partition coefficient (Wildman–Crippen LogP) is 0.940. The maximum atomic E-state index is 12.2. The summed E-state index contributed by atoms with van der Waals surface area (Å²) < 4.78 is 4.75. The van der Waals surface area contributed by atoms with Gasteiger partial charge in [0.2, 0.25) is 0 Å². The number of benzene rings is 2. The average molecular weight is 416 g/mol. The van der Waals surface area contributed by atoms with E-state index in [2.05, 4.69) is 10.9 Å². The van der Waals surface area contributed by atoms with Crippen molar-refractivity contribution in [3.63, 3.8) is 0 Å². The second kappa shape index (κ2) is 8.53. The minimum absolute atomic E-state index is 0.202. The molecule has 2 aromatic carbocycles. The zero-order chi connectivity index (χ0) is 21.0. The maximum absolute atomic E-state index is 12.2. The Morgan fingerprint density at radius 2 is 1.48 bits per heavy atom. The molecule has 0 unspecified atom stereocenters. The van der Waals surface area contributed by atoms with Crippen LogP contribution in [-0.2, 0) is 14.3 Å². The fourth-order valence-corrected chi connectivity index (χ4v) is 2.67. The van der Waals surface area contributed by atoms with Crippen molar-refractivity contribution in [2.45, 2.75) is 0 Å². The van der Waals surface area contributed by atoms with Crippen molar-refractivity contribution >= 4 is 41.2 Å². The predicted molar refractivity (Wildman–Crippen MR) is 99.8 cm³/mol. The van der Waals surface area contributed by atoms with Crippen molar-refractivity contribution in [3.8, 4) is 0 Å². The molecule has 0 spiro atoms. The third-order valence-electron chi connectivity index (χ3n) is 3.95. The number of ether oxygens (including phenoxy) is 1. The number of nitrogens with zero attached hydrogens (tertiary/aromatic N) is 1. The van der Waals surface area contributed by atoms with Gasteiger partial charge in [0.15, 0.2) is 6.61 Å². The fraction of sp³-hybridized carbons (Fsp3) is 0.105. The summed E-state index contributed by atoms with van der Waals surface area (Å²) in [4.78, 5) is 60.5. The molecule has 4 amide bonds. The summed E-state index contributed by atoms with van der Waals surface area (Å²) in [5.41, 5.74) is 4.89. The fourth-order valence-electron chi connectivity index (χ4n) is 2.54. The molecular formula is C19H14ClN3O6. The lowest BCUT2D eigenvalue weighted by Gasteiger charge is -2.13. The Labute approximate surface area is 169 Å². The largest absolute Gasteiger partial charge is 0.454 e. The number of hydrogen-bond acceptors (Lipinski definition) is 6. The van der Waals surface area contributed by atoms with Crippen molar-refractivity contribution in [1.29, 1.82) is 0 Å². The van der Waals surface area contributed by atoms with E-state index in [4.69, 9.17) is 16.3 Å². The van der Waals surface area contributed by atoms with Crippen LogP contribution in [0.25, 0.3) is 0 Å². The van der Waals surface area contributed by atoms with Gasteiger partial charge in [-0.1, -0.05) is 23.7 Å². The maximum Gasteiger partial charge on any atom is 0.326 e. The van der Waals surface area contributed by atoms with Gasteiger partial charge in [-0.25, -0.2) is 0 Å². The molecule has 3 rings (SSSR count). The molecule has 0 saturated carbocycles. The van der Waals surface area contributed by atoms with Crippen LogP contribution in [-0.4, -0.2) is 47.6 Å². The first-order valence-electron chi connectivity index (χ1n) is 8.32. The molecule has 0 atom stereocenters. The van der Waals surface area contributed by atoms with E-state index in [0.29, 0.717) is 5.02 Å². The summed E-state index contributed by atoms with van der Waals surface area (Å²) in [6, 6.07) is 12.1. The number of amides is 4. The highest BCUT2D eigenvalue weighted by atomic mass is 35.5. The minimum Gasteiger partial charge on any atom is -0.454 e. The highest BCUT2D eigenvalue weighted by Gasteiger charge is 2.36. The molecular weight excluding hydrogens is 402 g/mol. The molecule has 1 aliphatic heterocycles. The molecule has 1 heterocycles. The van der Waals surface area contributed by atoms with E-state index in [0.717, 1.165) is 4.90 Å². The Balaban J connectivity index is 1.44. The van der Waals surface area contributed by atoms with Crippen molar-refractivity contribution in [1.82, 2.24) is 15.8 Å². The molecule has 148 valence electrons. The van der Waals surface area contributed by atoms with E-state index in [1.807, 2.05) is 0 Å². The normalized spacial score (nSPS) is 12.4. The van der Waals surface area contributed by atoms with Gasteiger partial charge in [-0.2, -0.15) is 0 Å². The third-order valence-corrected chi connectivity index (χ3v) is 4.20. The standard InChI is InChI=1S/C19H14ClN3O6/c20-12-7-5-11(6-8-12)17(26)22-21-15(24)10-29-16(25)9-23-18(27)13-3-1-2-4-14(13)19(23)28/h1-8H,9-10H2,(H,21,24)(H,22,26). The summed E-state index contributed by atoms with van der Waals surface area (Å²) in [5.74, 6) is -3.56. The van der Waals surface area contributed by atoms with E-state index in [9.17, 15) is 24.0 Å². The van der Waals surface area contributed by atoms with Crippen LogP contribution in [0.15, 0.2) is 48.5 Å². The zero-order valence-corrected chi connectivity index (χ0v) is 15.6. The van der Waals surface area contributed by atoms with Gasteiger partial charge >= 0.3 is 5.97 Å². The summed E-state index contributed by atoms with van der Waals surface area (Å²) in [7, 11) is 0.